The highest BCUT2D eigenvalue weighted by atomic mass is 32.1. The Morgan fingerprint density at radius 3 is 2.78 bits per heavy atom. The van der Waals surface area contributed by atoms with E-state index in [4.69, 9.17) is 4.74 Å². The SMILES string of the molecule is C=CCn1c(C)cc(C(=O)COC(=O)c2sc(-c3ccsc3)nc2C)c1C. The monoisotopic (exact) mass is 400 g/mol. The third-order valence-corrected chi connectivity index (χ3v) is 6.14. The Bertz CT molecular complexity index is 997. The number of aryl methyl sites for hydroxylation is 2. The summed E-state index contributed by atoms with van der Waals surface area (Å²) in [6.45, 7) is 9.67. The molecule has 0 fully saturated rings. The fraction of sp³-hybridized carbons (Fsp3) is 0.250. The van der Waals surface area contributed by atoms with Gasteiger partial charge in [-0.2, -0.15) is 11.3 Å². The Morgan fingerprint density at radius 1 is 1.33 bits per heavy atom. The Kier molecular flexibility index (Phi) is 5.72. The number of thiophene rings is 1. The molecule has 0 atom stereocenters. The Hall–Kier alpha value is -2.51. The van der Waals surface area contributed by atoms with Gasteiger partial charge in [0.25, 0.3) is 0 Å². The summed E-state index contributed by atoms with van der Waals surface area (Å²) in [6, 6.07) is 3.78. The van der Waals surface area contributed by atoms with Gasteiger partial charge in [-0.05, 0) is 38.3 Å². The second-order valence-corrected chi connectivity index (χ2v) is 7.91. The number of thiazole rings is 1. The molecule has 0 spiro atoms. The Balaban J connectivity index is 1.70. The molecule has 0 amide bonds. The van der Waals surface area contributed by atoms with Gasteiger partial charge in [-0.15, -0.1) is 17.9 Å². The van der Waals surface area contributed by atoms with Gasteiger partial charge in [0.05, 0.1) is 5.69 Å². The topological polar surface area (TPSA) is 61.2 Å². The molecule has 5 nitrogen and oxygen atoms in total. The summed E-state index contributed by atoms with van der Waals surface area (Å²) in [5.74, 6) is -0.730. The lowest BCUT2D eigenvalue weighted by molar-refractivity contribution is 0.0478. The van der Waals surface area contributed by atoms with Gasteiger partial charge >= 0.3 is 5.97 Å². The zero-order chi connectivity index (χ0) is 19.6. The number of hydrogen-bond acceptors (Lipinski definition) is 6. The van der Waals surface area contributed by atoms with Crippen LogP contribution in [0.2, 0.25) is 0 Å². The van der Waals surface area contributed by atoms with E-state index in [9.17, 15) is 9.59 Å². The maximum absolute atomic E-state index is 12.5. The molecular weight excluding hydrogens is 380 g/mol. The maximum atomic E-state index is 12.5. The number of Topliss-reactive ketones (excluding diaryl/α,β-unsaturated/α-hetero) is 1. The number of carbonyl (C=O) groups is 2. The molecule has 140 valence electrons. The number of hydrogen-bond donors (Lipinski definition) is 0. The van der Waals surface area contributed by atoms with Gasteiger partial charge < -0.3 is 9.30 Å². The van der Waals surface area contributed by atoms with Gasteiger partial charge in [0.2, 0.25) is 5.78 Å². The number of esters is 1. The van der Waals surface area contributed by atoms with Crippen molar-refractivity contribution in [2.75, 3.05) is 6.61 Å². The molecule has 3 heterocycles. The number of aromatic nitrogens is 2. The first-order valence-corrected chi connectivity index (χ1v) is 10.2. The fourth-order valence-corrected chi connectivity index (χ4v) is 4.53. The first kappa shape index (κ1) is 19.3. The number of carbonyl (C=O) groups excluding carboxylic acids is 2. The molecule has 3 aromatic rings. The molecule has 0 aliphatic rings. The van der Waals surface area contributed by atoms with Crippen molar-refractivity contribution < 1.29 is 14.3 Å². The second kappa shape index (κ2) is 8.02. The molecule has 0 saturated heterocycles. The van der Waals surface area contributed by atoms with Crippen molar-refractivity contribution in [1.82, 2.24) is 9.55 Å². The highest BCUT2D eigenvalue weighted by Gasteiger charge is 2.21. The highest BCUT2D eigenvalue weighted by Crippen LogP contribution is 2.29. The minimum absolute atomic E-state index is 0.216. The Morgan fingerprint density at radius 2 is 2.11 bits per heavy atom. The van der Waals surface area contributed by atoms with Gasteiger partial charge in [0.1, 0.15) is 9.88 Å². The Labute approximate surface area is 165 Å². The van der Waals surface area contributed by atoms with E-state index < -0.39 is 5.97 Å². The van der Waals surface area contributed by atoms with Gasteiger partial charge in [-0.3, -0.25) is 4.79 Å². The molecular formula is C20H20N2O3S2. The van der Waals surface area contributed by atoms with Crippen LogP contribution in [0.3, 0.4) is 0 Å². The summed E-state index contributed by atoms with van der Waals surface area (Å²) in [4.78, 5) is 29.8. The second-order valence-electron chi connectivity index (χ2n) is 6.13. The van der Waals surface area contributed by atoms with Gasteiger partial charge in [-0.1, -0.05) is 6.08 Å². The van der Waals surface area contributed by atoms with E-state index in [1.165, 1.54) is 11.3 Å². The van der Waals surface area contributed by atoms with Crippen molar-refractivity contribution in [1.29, 1.82) is 0 Å². The van der Waals surface area contributed by atoms with Gasteiger partial charge in [-0.25, -0.2) is 9.78 Å². The molecule has 0 radical (unpaired) electrons. The highest BCUT2D eigenvalue weighted by molar-refractivity contribution is 7.17. The summed E-state index contributed by atoms with van der Waals surface area (Å²) < 4.78 is 7.28. The minimum atomic E-state index is -0.514. The van der Waals surface area contributed by atoms with Crippen LogP contribution in [0.25, 0.3) is 10.6 Å². The molecule has 0 bridgehead atoms. The van der Waals surface area contributed by atoms with Crippen LogP contribution >= 0.6 is 22.7 Å². The zero-order valence-corrected chi connectivity index (χ0v) is 17.1. The first-order chi connectivity index (χ1) is 12.9. The van der Waals surface area contributed by atoms with Gasteiger partial charge in [0.15, 0.2) is 6.61 Å². The molecule has 7 heteroatoms. The summed E-state index contributed by atoms with van der Waals surface area (Å²) in [6.07, 6.45) is 1.78. The van der Waals surface area contributed by atoms with Gasteiger partial charge in [0, 0.05) is 34.4 Å². The molecule has 27 heavy (non-hydrogen) atoms. The van der Waals surface area contributed by atoms with Crippen LogP contribution in [-0.2, 0) is 11.3 Å². The molecule has 0 N–H and O–H groups in total. The van der Waals surface area contributed by atoms with Crippen molar-refractivity contribution in [3.05, 3.63) is 63.1 Å². The number of rotatable bonds is 7. The molecule has 0 aliphatic carbocycles. The minimum Gasteiger partial charge on any atom is -0.453 e. The molecule has 0 aliphatic heterocycles. The number of nitrogens with zero attached hydrogens (tertiary/aromatic N) is 2. The van der Waals surface area contributed by atoms with E-state index in [-0.39, 0.29) is 12.4 Å². The molecule has 0 aromatic carbocycles. The lowest BCUT2D eigenvalue weighted by Crippen LogP contribution is -2.15. The van der Waals surface area contributed by atoms with Crippen LogP contribution in [0.15, 0.2) is 35.5 Å². The summed E-state index contributed by atoms with van der Waals surface area (Å²) in [7, 11) is 0. The number of ether oxygens (including phenoxy) is 1. The third-order valence-electron chi connectivity index (χ3n) is 4.27. The van der Waals surface area contributed by atoms with Crippen LogP contribution in [-0.4, -0.2) is 27.9 Å². The van der Waals surface area contributed by atoms with E-state index >= 15 is 0 Å². The van der Waals surface area contributed by atoms with E-state index in [0.717, 1.165) is 22.0 Å². The quantitative estimate of drug-likeness (QED) is 0.324. The van der Waals surface area contributed by atoms with Crippen molar-refractivity contribution in [2.24, 2.45) is 0 Å². The van der Waals surface area contributed by atoms with E-state index in [1.54, 1.807) is 24.3 Å². The van der Waals surface area contributed by atoms with Crippen molar-refractivity contribution in [3.63, 3.8) is 0 Å². The average molecular weight is 401 g/mol. The maximum Gasteiger partial charge on any atom is 0.350 e. The van der Waals surface area contributed by atoms with Crippen LogP contribution < -0.4 is 0 Å². The zero-order valence-electron chi connectivity index (χ0n) is 15.4. The lowest BCUT2D eigenvalue weighted by Gasteiger charge is -2.06. The predicted octanol–water partition coefficient (Wildman–Crippen LogP) is 4.82. The molecule has 3 rings (SSSR count). The van der Waals surface area contributed by atoms with Crippen LogP contribution in [0.5, 0.6) is 0 Å². The molecule has 0 unspecified atom stereocenters. The van der Waals surface area contributed by atoms with E-state index in [0.29, 0.717) is 22.7 Å². The summed E-state index contributed by atoms with van der Waals surface area (Å²) in [5, 5.41) is 4.72. The molecule has 3 aromatic heterocycles. The fourth-order valence-electron chi connectivity index (χ4n) is 2.86. The third kappa shape index (κ3) is 3.94. The van der Waals surface area contributed by atoms with Crippen LogP contribution in [0.1, 0.15) is 37.1 Å². The van der Waals surface area contributed by atoms with Crippen molar-refractivity contribution in [2.45, 2.75) is 27.3 Å². The average Bonchev–Trinajstić information content (AvgIpc) is 3.35. The normalized spacial score (nSPS) is 10.8. The van der Waals surface area contributed by atoms with Crippen LogP contribution in [0.4, 0.5) is 0 Å². The van der Waals surface area contributed by atoms with Crippen molar-refractivity contribution in [3.8, 4) is 10.6 Å². The lowest BCUT2D eigenvalue weighted by atomic mass is 10.1. The summed E-state index contributed by atoms with van der Waals surface area (Å²) in [5.41, 5.74) is 3.99. The van der Waals surface area contributed by atoms with E-state index in [2.05, 4.69) is 11.6 Å². The first-order valence-electron chi connectivity index (χ1n) is 8.40. The van der Waals surface area contributed by atoms with Crippen molar-refractivity contribution >= 4 is 34.4 Å². The predicted molar refractivity (Wildman–Crippen MR) is 109 cm³/mol. The largest absolute Gasteiger partial charge is 0.453 e. The van der Waals surface area contributed by atoms with Crippen LogP contribution in [0, 0.1) is 20.8 Å². The van der Waals surface area contributed by atoms with E-state index in [1.807, 2.05) is 41.3 Å². The molecule has 0 saturated carbocycles. The number of allylic oxidation sites excluding steroid dienone is 1. The summed E-state index contributed by atoms with van der Waals surface area (Å²) >= 11 is 2.86. The number of ketones is 1. The smallest absolute Gasteiger partial charge is 0.350 e. The standard InChI is InChI=1S/C20H20N2O3S2/c1-5-7-22-12(2)9-16(14(22)4)17(23)10-25-20(24)18-13(3)21-19(27-18)15-6-8-26-11-15/h5-6,8-9,11H,1,7,10H2,2-4H3.